The minimum Gasteiger partial charge on any atom is -0.493 e. The molecule has 2 rings (SSSR count). The summed E-state index contributed by atoms with van der Waals surface area (Å²) < 4.78 is 49.5. The zero-order valence-corrected chi connectivity index (χ0v) is 14.3. The number of halogens is 3. The fraction of sp³-hybridized carbons (Fsp3) is 0.158. The second-order valence-electron chi connectivity index (χ2n) is 5.18. The van der Waals surface area contributed by atoms with Gasteiger partial charge >= 0.3 is 5.97 Å². The van der Waals surface area contributed by atoms with E-state index in [4.69, 9.17) is 9.47 Å². The third-order valence-electron chi connectivity index (χ3n) is 3.27. The standard InChI is InChI=1S/C19H16F3NO4/c1-2-26-15-6-4-3-5-12(15)7-10-17(25)27-11-16(24)23-14-9-8-13(20)18(21)19(14)22/h3-10H,2,11H2,1H3,(H,23,24)/b10-7+. The van der Waals surface area contributed by atoms with Gasteiger partial charge in [-0.25, -0.2) is 18.0 Å². The van der Waals surface area contributed by atoms with E-state index < -0.39 is 41.6 Å². The SMILES string of the molecule is CCOc1ccccc1/C=C/C(=O)OCC(=O)Nc1ccc(F)c(F)c1F. The molecule has 0 fully saturated rings. The van der Waals surface area contributed by atoms with Crippen LogP contribution in [0.1, 0.15) is 12.5 Å². The first-order chi connectivity index (χ1) is 12.9. The van der Waals surface area contributed by atoms with Gasteiger partial charge in [-0.1, -0.05) is 18.2 Å². The van der Waals surface area contributed by atoms with Crippen molar-refractivity contribution in [2.75, 3.05) is 18.5 Å². The van der Waals surface area contributed by atoms with Gasteiger partial charge in [-0.15, -0.1) is 0 Å². The highest BCUT2D eigenvalue weighted by Gasteiger charge is 2.15. The fourth-order valence-electron chi connectivity index (χ4n) is 2.06. The first-order valence-corrected chi connectivity index (χ1v) is 7.92. The zero-order valence-electron chi connectivity index (χ0n) is 14.3. The van der Waals surface area contributed by atoms with Crippen LogP contribution in [0.3, 0.4) is 0 Å². The average Bonchev–Trinajstić information content (AvgIpc) is 2.66. The van der Waals surface area contributed by atoms with Gasteiger partial charge in [-0.05, 0) is 31.2 Å². The van der Waals surface area contributed by atoms with Crippen LogP contribution in [0.2, 0.25) is 0 Å². The zero-order chi connectivity index (χ0) is 19.8. The molecular formula is C19H16F3NO4. The second kappa shape index (κ2) is 9.42. The van der Waals surface area contributed by atoms with Crippen LogP contribution in [-0.2, 0) is 14.3 Å². The van der Waals surface area contributed by atoms with Gasteiger partial charge in [-0.2, -0.15) is 0 Å². The summed E-state index contributed by atoms with van der Waals surface area (Å²) in [5.74, 6) is -5.77. The number of carbonyl (C=O) groups excluding carboxylic acids is 2. The van der Waals surface area contributed by atoms with Crippen LogP contribution in [-0.4, -0.2) is 25.1 Å². The highest BCUT2D eigenvalue weighted by molar-refractivity contribution is 5.94. The van der Waals surface area contributed by atoms with Crippen molar-refractivity contribution in [2.45, 2.75) is 6.92 Å². The molecule has 0 bridgehead atoms. The molecule has 8 heteroatoms. The molecule has 1 N–H and O–H groups in total. The third kappa shape index (κ3) is 5.60. The highest BCUT2D eigenvalue weighted by Crippen LogP contribution is 2.20. The van der Waals surface area contributed by atoms with Gasteiger partial charge in [0.1, 0.15) is 5.75 Å². The molecule has 0 saturated carbocycles. The Morgan fingerprint density at radius 1 is 1.07 bits per heavy atom. The van der Waals surface area contributed by atoms with Crippen molar-refractivity contribution in [3.8, 4) is 5.75 Å². The maximum atomic E-state index is 13.5. The number of para-hydroxylation sites is 1. The van der Waals surface area contributed by atoms with E-state index in [1.807, 2.05) is 12.2 Å². The Hall–Kier alpha value is -3.29. The summed E-state index contributed by atoms with van der Waals surface area (Å²) in [5, 5.41) is 1.99. The molecular weight excluding hydrogens is 363 g/mol. The Balaban J connectivity index is 1.90. The molecule has 0 heterocycles. The molecule has 142 valence electrons. The quantitative estimate of drug-likeness (QED) is 0.453. The topological polar surface area (TPSA) is 64.6 Å². The summed E-state index contributed by atoms with van der Waals surface area (Å²) in [6, 6.07) is 8.53. The summed E-state index contributed by atoms with van der Waals surface area (Å²) >= 11 is 0. The number of hydrogen-bond donors (Lipinski definition) is 1. The summed E-state index contributed by atoms with van der Waals surface area (Å²) in [6.07, 6.45) is 2.56. The summed E-state index contributed by atoms with van der Waals surface area (Å²) in [7, 11) is 0. The molecule has 2 aromatic rings. The van der Waals surface area contributed by atoms with Gasteiger partial charge in [0.25, 0.3) is 5.91 Å². The largest absolute Gasteiger partial charge is 0.493 e. The number of rotatable bonds is 7. The molecule has 0 aliphatic carbocycles. The van der Waals surface area contributed by atoms with Crippen LogP contribution in [0.5, 0.6) is 5.75 Å². The van der Waals surface area contributed by atoms with Crippen LogP contribution in [0.25, 0.3) is 6.08 Å². The number of amides is 1. The van der Waals surface area contributed by atoms with Crippen molar-refractivity contribution in [1.29, 1.82) is 0 Å². The van der Waals surface area contributed by atoms with Crippen molar-refractivity contribution in [3.05, 3.63) is 65.5 Å². The lowest BCUT2D eigenvalue weighted by Gasteiger charge is -2.07. The lowest BCUT2D eigenvalue weighted by Crippen LogP contribution is -2.21. The number of ether oxygens (including phenoxy) is 2. The summed E-state index contributed by atoms with van der Waals surface area (Å²) in [5.41, 5.74) is 0.0840. The van der Waals surface area contributed by atoms with Gasteiger partial charge in [-0.3, -0.25) is 4.79 Å². The summed E-state index contributed by atoms with van der Waals surface area (Å²) in [6.45, 7) is 1.55. The molecule has 0 radical (unpaired) electrons. The number of carbonyl (C=O) groups is 2. The monoisotopic (exact) mass is 379 g/mol. The number of esters is 1. The van der Waals surface area contributed by atoms with Gasteiger partial charge in [0.2, 0.25) is 0 Å². The van der Waals surface area contributed by atoms with E-state index in [2.05, 4.69) is 0 Å². The molecule has 0 aliphatic rings. The Morgan fingerprint density at radius 2 is 1.81 bits per heavy atom. The van der Waals surface area contributed by atoms with Crippen LogP contribution in [0.15, 0.2) is 42.5 Å². The van der Waals surface area contributed by atoms with Crippen LogP contribution in [0.4, 0.5) is 18.9 Å². The molecule has 0 atom stereocenters. The van der Waals surface area contributed by atoms with Gasteiger partial charge in [0.05, 0.1) is 12.3 Å². The van der Waals surface area contributed by atoms with E-state index in [0.717, 1.165) is 12.1 Å². The van der Waals surface area contributed by atoms with E-state index in [1.165, 1.54) is 6.08 Å². The van der Waals surface area contributed by atoms with Crippen molar-refractivity contribution >= 4 is 23.6 Å². The predicted molar refractivity (Wildman–Crippen MR) is 92.5 cm³/mol. The van der Waals surface area contributed by atoms with E-state index in [9.17, 15) is 22.8 Å². The van der Waals surface area contributed by atoms with Crippen LogP contribution in [0, 0.1) is 17.5 Å². The minimum absolute atomic E-state index is 0.454. The normalized spacial score (nSPS) is 10.7. The molecule has 0 aromatic heterocycles. The fourth-order valence-corrected chi connectivity index (χ4v) is 2.06. The molecule has 2 aromatic carbocycles. The number of benzene rings is 2. The summed E-state index contributed by atoms with van der Waals surface area (Å²) in [4.78, 5) is 23.4. The lowest BCUT2D eigenvalue weighted by molar-refractivity contribution is -0.142. The first kappa shape index (κ1) is 20.0. The average molecular weight is 379 g/mol. The van der Waals surface area contributed by atoms with Gasteiger partial charge < -0.3 is 14.8 Å². The van der Waals surface area contributed by atoms with Gasteiger partial charge in [0, 0.05) is 11.6 Å². The van der Waals surface area contributed by atoms with Crippen molar-refractivity contribution < 1.29 is 32.2 Å². The Morgan fingerprint density at radius 3 is 2.56 bits per heavy atom. The first-order valence-electron chi connectivity index (χ1n) is 7.92. The number of hydrogen-bond acceptors (Lipinski definition) is 4. The second-order valence-corrected chi connectivity index (χ2v) is 5.18. The Bertz CT molecular complexity index is 868. The molecule has 1 amide bonds. The van der Waals surface area contributed by atoms with Crippen molar-refractivity contribution in [2.24, 2.45) is 0 Å². The molecule has 5 nitrogen and oxygen atoms in total. The maximum absolute atomic E-state index is 13.5. The Labute approximate surface area is 153 Å². The maximum Gasteiger partial charge on any atom is 0.331 e. The molecule has 0 unspecified atom stereocenters. The Kier molecular flexibility index (Phi) is 6.99. The predicted octanol–water partition coefficient (Wildman–Crippen LogP) is 3.70. The van der Waals surface area contributed by atoms with E-state index >= 15 is 0 Å². The van der Waals surface area contributed by atoms with Crippen molar-refractivity contribution in [3.63, 3.8) is 0 Å². The minimum atomic E-state index is -1.71. The van der Waals surface area contributed by atoms with Crippen molar-refractivity contribution in [1.82, 2.24) is 0 Å². The number of anilines is 1. The lowest BCUT2D eigenvalue weighted by atomic mass is 10.2. The smallest absolute Gasteiger partial charge is 0.331 e. The molecule has 27 heavy (non-hydrogen) atoms. The third-order valence-corrected chi connectivity index (χ3v) is 3.27. The molecule has 0 spiro atoms. The highest BCUT2D eigenvalue weighted by atomic mass is 19.2. The van der Waals surface area contributed by atoms with E-state index in [-0.39, 0.29) is 0 Å². The van der Waals surface area contributed by atoms with Crippen LogP contribution < -0.4 is 10.1 Å². The number of nitrogens with one attached hydrogen (secondary N) is 1. The van der Waals surface area contributed by atoms with E-state index in [0.29, 0.717) is 24.0 Å². The van der Waals surface area contributed by atoms with E-state index in [1.54, 1.807) is 24.3 Å². The molecule has 0 aliphatic heterocycles. The van der Waals surface area contributed by atoms with Crippen LogP contribution >= 0.6 is 0 Å². The molecule has 0 saturated heterocycles. The van der Waals surface area contributed by atoms with Gasteiger partial charge in [0.15, 0.2) is 24.1 Å².